The Balaban J connectivity index is 2.39. The van der Waals surface area contributed by atoms with Gasteiger partial charge >= 0.3 is 6.18 Å². The van der Waals surface area contributed by atoms with Gasteiger partial charge in [0.1, 0.15) is 11.4 Å². The number of rotatable bonds is 2. The maximum absolute atomic E-state index is 12.9. The monoisotopic (exact) mass is 352 g/mol. The maximum atomic E-state index is 12.9. The van der Waals surface area contributed by atoms with Crippen LogP contribution >= 0.6 is 15.9 Å². The predicted molar refractivity (Wildman–Crippen MR) is 74.2 cm³/mol. The molecule has 0 saturated carbocycles. The minimum Gasteiger partial charge on any atom is -0.481 e. The zero-order valence-corrected chi connectivity index (χ0v) is 12.7. The number of anilines is 1. The summed E-state index contributed by atoms with van der Waals surface area (Å²) in [6, 6.07) is 1.05. The van der Waals surface area contributed by atoms with E-state index in [-0.39, 0.29) is 5.88 Å². The Morgan fingerprint density at radius 2 is 1.80 bits per heavy atom. The fraction of sp³-hybridized carbons (Fsp3) is 0.615. The highest BCUT2D eigenvalue weighted by Crippen LogP contribution is 2.40. The molecule has 0 spiro atoms. The van der Waals surface area contributed by atoms with Gasteiger partial charge in [0.2, 0.25) is 5.88 Å². The molecule has 0 amide bonds. The highest BCUT2D eigenvalue weighted by Gasteiger charge is 2.36. The normalized spacial score (nSPS) is 16.9. The van der Waals surface area contributed by atoms with Gasteiger partial charge in [-0.1, -0.05) is 12.8 Å². The van der Waals surface area contributed by atoms with Crippen molar-refractivity contribution in [2.75, 3.05) is 25.1 Å². The number of methoxy groups -OCH3 is 1. The summed E-state index contributed by atoms with van der Waals surface area (Å²) < 4.78 is 43.9. The van der Waals surface area contributed by atoms with Crippen LogP contribution in [0.15, 0.2) is 10.5 Å². The van der Waals surface area contributed by atoms with Gasteiger partial charge in [0.05, 0.1) is 11.6 Å². The van der Waals surface area contributed by atoms with Crippen LogP contribution in [0.4, 0.5) is 19.0 Å². The first-order valence-electron chi connectivity index (χ1n) is 6.50. The second-order valence-corrected chi connectivity index (χ2v) is 5.60. The van der Waals surface area contributed by atoms with Gasteiger partial charge in [0.15, 0.2) is 0 Å². The van der Waals surface area contributed by atoms with Gasteiger partial charge in [-0.15, -0.1) is 0 Å². The molecule has 2 rings (SSSR count). The molecule has 0 unspecified atom stereocenters. The zero-order valence-electron chi connectivity index (χ0n) is 11.1. The smallest absolute Gasteiger partial charge is 0.421 e. The summed E-state index contributed by atoms with van der Waals surface area (Å²) in [6.45, 7) is 1.61. The largest absolute Gasteiger partial charge is 0.481 e. The third-order valence-electron chi connectivity index (χ3n) is 3.33. The molecule has 0 N–H and O–H groups in total. The van der Waals surface area contributed by atoms with Gasteiger partial charge in [0, 0.05) is 13.1 Å². The molecule has 20 heavy (non-hydrogen) atoms. The summed E-state index contributed by atoms with van der Waals surface area (Å²) in [5, 5.41) is 0. The number of alkyl halides is 3. The first-order valence-corrected chi connectivity index (χ1v) is 7.29. The molecule has 1 saturated heterocycles. The molecule has 0 radical (unpaired) electrons. The minimum atomic E-state index is -4.47. The Morgan fingerprint density at radius 3 is 2.30 bits per heavy atom. The number of hydrogen-bond acceptors (Lipinski definition) is 3. The number of aromatic nitrogens is 1. The molecular formula is C13H16BrF3N2O. The highest BCUT2D eigenvalue weighted by molar-refractivity contribution is 9.10. The van der Waals surface area contributed by atoms with Crippen molar-refractivity contribution in [1.29, 1.82) is 0 Å². The molecular weight excluding hydrogens is 337 g/mol. The van der Waals surface area contributed by atoms with Crippen molar-refractivity contribution in [1.82, 2.24) is 4.98 Å². The average Bonchev–Trinajstić information content (AvgIpc) is 2.66. The highest BCUT2D eigenvalue weighted by atomic mass is 79.9. The third-order valence-corrected chi connectivity index (χ3v) is 3.91. The number of ether oxygens (including phenoxy) is 1. The molecule has 2 heterocycles. The van der Waals surface area contributed by atoms with E-state index in [2.05, 4.69) is 20.9 Å². The Bertz CT molecular complexity index is 471. The molecule has 1 fully saturated rings. The second kappa shape index (κ2) is 6.20. The van der Waals surface area contributed by atoms with Gasteiger partial charge in [-0.2, -0.15) is 18.2 Å². The van der Waals surface area contributed by atoms with Gasteiger partial charge in [-0.25, -0.2) is 0 Å². The lowest BCUT2D eigenvalue weighted by Gasteiger charge is -2.24. The van der Waals surface area contributed by atoms with Crippen molar-refractivity contribution < 1.29 is 17.9 Å². The fourth-order valence-corrected chi connectivity index (χ4v) is 2.89. The molecule has 1 aromatic heterocycles. The zero-order chi connectivity index (χ0) is 14.8. The first kappa shape index (κ1) is 15.4. The van der Waals surface area contributed by atoms with Crippen molar-refractivity contribution in [2.24, 2.45) is 0 Å². The summed E-state index contributed by atoms with van der Waals surface area (Å²) in [7, 11) is 1.21. The van der Waals surface area contributed by atoms with Crippen molar-refractivity contribution >= 4 is 21.7 Å². The van der Waals surface area contributed by atoms with Crippen LogP contribution in [0.2, 0.25) is 0 Å². The van der Waals surface area contributed by atoms with Crippen LogP contribution in [0.5, 0.6) is 5.88 Å². The van der Waals surface area contributed by atoms with Gasteiger partial charge in [0.25, 0.3) is 0 Å². The summed E-state index contributed by atoms with van der Waals surface area (Å²) >= 11 is 3.20. The molecule has 0 aliphatic carbocycles. The summed E-state index contributed by atoms with van der Waals surface area (Å²) in [4.78, 5) is 6.07. The molecule has 112 valence electrons. The van der Waals surface area contributed by atoms with Gasteiger partial charge in [-0.05, 0) is 34.8 Å². The SMILES string of the molecule is COc1nc(N2CCCCCC2)c(Br)cc1C(F)(F)F. The summed E-state index contributed by atoms with van der Waals surface area (Å²) in [6.07, 6.45) is -0.134. The van der Waals surface area contributed by atoms with E-state index in [0.717, 1.165) is 44.8 Å². The fourth-order valence-electron chi connectivity index (χ4n) is 2.33. The van der Waals surface area contributed by atoms with Crippen LogP contribution < -0.4 is 9.64 Å². The number of nitrogens with zero attached hydrogens (tertiary/aromatic N) is 2. The summed E-state index contributed by atoms with van der Waals surface area (Å²) in [5.74, 6) is 0.150. The Morgan fingerprint density at radius 1 is 1.20 bits per heavy atom. The minimum absolute atomic E-state index is 0.354. The average molecular weight is 353 g/mol. The standard InChI is InChI=1S/C13H16BrF3N2O/c1-20-12-9(13(15,16)17)8-10(14)11(18-12)19-6-4-2-3-5-7-19/h8H,2-7H2,1H3. The predicted octanol–water partition coefficient (Wildman–Crippen LogP) is 4.25. The Hall–Kier alpha value is -0.980. The van der Waals surface area contributed by atoms with E-state index in [0.29, 0.717) is 10.3 Å². The van der Waals surface area contributed by atoms with Crippen molar-refractivity contribution in [3.05, 3.63) is 16.1 Å². The van der Waals surface area contributed by atoms with E-state index in [1.54, 1.807) is 0 Å². The van der Waals surface area contributed by atoms with Crippen LogP contribution in [0.1, 0.15) is 31.2 Å². The molecule has 0 bridgehead atoms. The lowest BCUT2D eigenvalue weighted by molar-refractivity contribution is -0.139. The third kappa shape index (κ3) is 3.37. The van der Waals surface area contributed by atoms with Crippen LogP contribution in [0.3, 0.4) is 0 Å². The molecule has 1 aromatic rings. The molecule has 1 aliphatic rings. The lowest BCUT2D eigenvalue weighted by Crippen LogP contribution is -2.26. The van der Waals surface area contributed by atoms with Gasteiger partial charge < -0.3 is 9.64 Å². The number of halogens is 4. The molecule has 3 nitrogen and oxygen atoms in total. The van der Waals surface area contributed by atoms with Crippen molar-refractivity contribution in [3.63, 3.8) is 0 Å². The second-order valence-electron chi connectivity index (χ2n) is 4.75. The lowest BCUT2D eigenvalue weighted by atomic mass is 10.2. The van der Waals surface area contributed by atoms with E-state index in [4.69, 9.17) is 4.74 Å². The van der Waals surface area contributed by atoms with Crippen molar-refractivity contribution in [3.8, 4) is 5.88 Å². The quantitative estimate of drug-likeness (QED) is 0.795. The van der Waals surface area contributed by atoms with E-state index in [1.165, 1.54) is 7.11 Å². The first-order chi connectivity index (χ1) is 9.43. The van der Waals surface area contributed by atoms with Crippen LogP contribution in [0.25, 0.3) is 0 Å². The molecule has 7 heteroatoms. The maximum Gasteiger partial charge on any atom is 0.421 e. The van der Waals surface area contributed by atoms with E-state index >= 15 is 0 Å². The van der Waals surface area contributed by atoms with Crippen LogP contribution in [0, 0.1) is 0 Å². The Kier molecular flexibility index (Phi) is 4.78. The molecule has 0 atom stereocenters. The van der Waals surface area contributed by atoms with Gasteiger partial charge in [-0.3, -0.25) is 0 Å². The number of pyridine rings is 1. The topological polar surface area (TPSA) is 25.4 Å². The summed E-state index contributed by atoms with van der Waals surface area (Å²) in [5.41, 5.74) is -0.856. The van der Waals surface area contributed by atoms with Crippen LogP contribution in [-0.2, 0) is 6.18 Å². The van der Waals surface area contributed by atoms with Crippen molar-refractivity contribution in [2.45, 2.75) is 31.9 Å². The van der Waals surface area contributed by atoms with E-state index < -0.39 is 11.7 Å². The Labute approximate surface area is 124 Å². The molecule has 1 aliphatic heterocycles. The van der Waals surface area contributed by atoms with E-state index in [9.17, 15) is 13.2 Å². The van der Waals surface area contributed by atoms with E-state index in [1.807, 2.05) is 4.90 Å². The molecule has 0 aromatic carbocycles. The number of hydrogen-bond donors (Lipinski definition) is 0. The van der Waals surface area contributed by atoms with Crippen LogP contribution in [-0.4, -0.2) is 25.2 Å².